The van der Waals surface area contributed by atoms with Crippen LogP contribution in [0.15, 0.2) is 36.4 Å². The maximum Gasteiger partial charge on any atom is 0.254 e. The number of rotatable bonds is 13. The summed E-state index contributed by atoms with van der Waals surface area (Å²) in [5, 5.41) is 29.1. The number of nitrogens with one attached hydrogen (secondary N) is 2. The predicted molar refractivity (Wildman–Crippen MR) is 200 cm³/mol. The Balaban J connectivity index is 1.41. The summed E-state index contributed by atoms with van der Waals surface area (Å²) in [6.07, 6.45) is 1.11. The minimum Gasteiger partial charge on any atom is -0.496 e. The van der Waals surface area contributed by atoms with E-state index >= 15 is 4.39 Å². The number of aliphatic hydroxyl groups is 2. The van der Waals surface area contributed by atoms with Crippen molar-refractivity contribution in [2.45, 2.75) is 105 Å². The number of hydrogen-bond donors (Lipinski definition) is 4. The molecule has 4 fully saturated rings. The summed E-state index contributed by atoms with van der Waals surface area (Å²) in [7, 11) is 5.43. The lowest BCUT2D eigenvalue weighted by Gasteiger charge is -2.62. The van der Waals surface area contributed by atoms with Crippen molar-refractivity contribution in [1.29, 1.82) is 0 Å². The number of methoxy groups -OCH3 is 1. The van der Waals surface area contributed by atoms with Crippen molar-refractivity contribution in [1.82, 2.24) is 20.6 Å². The van der Waals surface area contributed by atoms with Crippen LogP contribution in [0, 0.1) is 40.3 Å². The maximum absolute atomic E-state index is 15.3. The third-order valence-electron chi connectivity index (χ3n) is 12.0. The van der Waals surface area contributed by atoms with Crippen LogP contribution in [0.2, 0.25) is 0 Å². The Bertz CT molecular complexity index is 1590. The summed E-state index contributed by atoms with van der Waals surface area (Å²) in [6.45, 7) is 15.2. The molecule has 2 amide bonds. The first kappa shape index (κ1) is 40.1. The molecule has 1 heterocycles. The Hall–Kier alpha value is -3.09. The highest BCUT2D eigenvalue weighted by atomic mass is 19.1. The van der Waals surface area contributed by atoms with Gasteiger partial charge in [-0.2, -0.15) is 5.06 Å². The van der Waals surface area contributed by atoms with Crippen LogP contribution in [0.4, 0.5) is 4.39 Å². The van der Waals surface area contributed by atoms with Crippen molar-refractivity contribution < 1.29 is 33.8 Å². The summed E-state index contributed by atoms with van der Waals surface area (Å²) in [5.41, 5.74) is 2.07. The van der Waals surface area contributed by atoms with Crippen LogP contribution in [0.3, 0.4) is 0 Å². The highest BCUT2D eigenvalue weighted by Gasteiger charge is 2.57. The van der Waals surface area contributed by atoms with E-state index in [1.165, 1.54) is 12.5 Å². The number of hydroxylamine groups is 2. The van der Waals surface area contributed by atoms with E-state index in [0.717, 1.165) is 12.8 Å². The summed E-state index contributed by atoms with van der Waals surface area (Å²) < 4.78 is 21.2. The van der Waals surface area contributed by atoms with Crippen molar-refractivity contribution >= 4 is 11.8 Å². The fourth-order valence-electron chi connectivity index (χ4n) is 9.30. The quantitative estimate of drug-likeness (QED) is 0.221. The Labute approximate surface area is 309 Å². The predicted octanol–water partition coefficient (Wildman–Crippen LogP) is 5.26. The highest BCUT2D eigenvalue weighted by molar-refractivity contribution is 5.96. The van der Waals surface area contributed by atoms with Crippen molar-refractivity contribution in [2.24, 2.45) is 34.5 Å². The van der Waals surface area contributed by atoms with Crippen LogP contribution in [0.5, 0.6) is 5.75 Å². The van der Waals surface area contributed by atoms with Gasteiger partial charge in [0.1, 0.15) is 23.7 Å². The molecule has 11 heteroatoms. The topological polar surface area (TPSA) is 124 Å². The van der Waals surface area contributed by atoms with E-state index in [4.69, 9.17) is 9.57 Å². The summed E-state index contributed by atoms with van der Waals surface area (Å²) in [4.78, 5) is 35.9. The van der Waals surface area contributed by atoms with Crippen molar-refractivity contribution in [3.8, 4) is 16.9 Å². The van der Waals surface area contributed by atoms with E-state index in [2.05, 4.69) is 52.2 Å². The van der Waals surface area contributed by atoms with E-state index < -0.39 is 35.9 Å². The number of nitrogens with zero attached hydrogens (tertiary/aromatic N) is 2. The number of carbonyl (C=O) groups is 2. The van der Waals surface area contributed by atoms with E-state index in [1.807, 2.05) is 37.2 Å². The molecule has 9 atom stereocenters. The molecule has 0 radical (unpaired) electrons. The molecule has 4 N–H and O–H groups in total. The van der Waals surface area contributed by atoms with Gasteiger partial charge < -0.3 is 30.5 Å². The second-order valence-corrected chi connectivity index (χ2v) is 17.6. The lowest BCUT2D eigenvalue weighted by molar-refractivity contribution is -0.183. The van der Waals surface area contributed by atoms with Gasteiger partial charge >= 0.3 is 0 Å². The fraction of sp³-hybridized carbons (Fsp3) is 0.659. The molecule has 3 saturated carbocycles. The van der Waals surface area contributed by atoms with Gasteiger partial charge in [-0.05, 0) is 86.6 Å². The number of fused-ring (bicyclic) bond motifs is 2. The summed E-state index contributed by atoms with van der Waals surface area (Å²) in [6, 6.07) is 8.96. The van der Waals surface area contributed by atoms with Gasteiger partial charge in [-0.25, -0.2) is 4.39 Å². The van der Waals surface area contributed by atoms with Crippen molar-refractivity contribution in [3.05, 3.63) is 53.3 Å². The minimum atomic E-state index is -0.924. The van der Waals surface area contributed by atoms with Crippen LogP contribution in [-0.2, 0) is 16.2 Å². The van der Waals surface area contributed by atoms with Crippen molar-refractivity contribution in [3.63, 3.8) is 0 Å². The molecule has 2 aromatic carbocycles. The normalized spacial score (nSPS) is 28.2. The first-order valence-corrected chi connectivity index (χ1v) is 18.8. The average molecular weight is 725 g/mol. The Morgan fingerprint density at radius 2 is 1.88 bits per heavy atom. The standard InChI is InChI=1S/C41H61FN4O6/c1-23-31-17-27(41(31,6)7)18-33(23)44-39(50)36-35(24(2)48)34(22-47)52-46(36)20-26-12-11-13-29(37(26)51-10)25-14-15-32(42)30(16-25)38(49)43-28(21-45(8)9)19-40(3,4)5/h11-16,23-24,27-28,31,33-36,47-48H,17-22H2,1-10H3,(H,43,49)(H,44,50)/t23-,24-,27+,28-,31+,33-,34-,35+,36-/m0/s1. The molecular formula is C41H61FN4O6. The molecule has 0 aromatic heterocycles. The van der Waals surface area contributed by atoms with Gasteiger partial charge in [-0.15, -0.1) is 0 Å². The number of likely N-dealkylation sites (N-methyl/N-ethyl adjacent to an activating group) is 1. The van der Waals surface area contributed by atoms with Gasteiger partial charge in [0.05, 0.1) is 31.9 Å². The largest absolute Gasteiger partial charge is 0.496 e. The number of halogens is 1. The van der Waals surface area contributed by atoms with Gasteiger partial charge in [0.15, 0.2) is 0 Å². The number of para-hydroxylation sites is 1. The molecule has 0 unspecified atom stereocenters. The third kappa shape index (κ3) is 8.34. The van der Waals surface area contributed by atoms with Crippen LogP contribution >= 0.6 is 0 Å². The maximum atomic E-state index is 15.3. The number of aliphatic hydroxyl groups excluding tert-OH is 2. The number of benzene rings is 2. The number of hydrogen-bond acceptors (Lipinski definition) is 8. The molecule has 4 aliphatic rings. The molecule has 52 heavy (non-hydrogen) atoms. The number of ether oxygens (including phenoxy) is 1. The fourth-order valence-corrected chi connectivity index (χ4v) is 9.30. The number of carbonyl (C=O) groups excluding carboxylic acids is 2. The lowest BCUT2D eigenvalue weighted by atomic mass is 9.45. The van der Waals surface area contributed by atoms with Crippen molar-refractivity contribution in [2.75, 3.05) is 34.4 Å². The summed E-state index contributed by atoms with van der Waals surface area (Å²) in [5.74, 6) is -0.127. The second kappa shape index (κ2) is 15.7. The molecule has 1 saturated heterocycles. The molecular weight excluding hydrogens is 663 g/mol. The second-order valence-electron chi connectivity index (χ2n) is 17.6. The monoisotopic (exact) mass is 724 g/mol. The highest BCUT2D eigenvalue weighted by Crippen LogP contribution is 2.61. The Kier molecular flexibility index (Phi) is 12.1. The Morgan fingerprint density at radius 1 is 1.17 bits per heavy atom. The zero-order valence-corrected chi connectivity index (χ0v) is 32.7. The molecule has 10 nitrogen and oxygen atoms in total. The van der Waals surface area contributed by atoms with Crippen LogP contribution < -0.4 is 15.4 Å². The molecule has 3 aliphatic carbocycles. The zero-order chi connectivity index (χ0) is 38.3. The molecule has 1 aliphatic heterocycles. The van der Waals surface area contributed by atoms with Gasteiger partial charge in [0.2, 0.25) is 5.91 Å². The van der Waals surface area contributed by atoms with E-state index in [1.54, 1.807) is 31.2 Å². The van der Waals surface area contributed by atoms with Gasteiger partial charge in [-0.1, -0.05) is 65.8 Å². The van der Waals surface area contributed by atoms with Crippen LogP contribution in [-0.4, -0.2) is 96.7 Å². The minimum absolute atomic E-state index is 0.0170. The van der Waals surface area contributed by atoms with Crippen LogP contribution in [0.1, 0.15) is 83.7 Å². The van der Waals surface area contributed by atoms with Gasteiger partial charge in [0, 0.05) is 35.7 Å². The van der Waals surface area contributed by atoms with E-state index in [-0.39, 0.29) is 47.5 Å². The Morgan fingerprint density at radius 3 is 2.46 bits per heavy atom. The van der Waals surface area contributed by atoms with Gasteiger partial charge in [0.25, 0.3) is 5.91 Å². The SMILES string of the molecule is COc1c(CN2O[C@@H](CO)[C@@H]([C@H](C)O)[C@H]2C(=O)N[C@H]2C[C@H]3C[C@H]([C@@H]2C)C3(C)C)cccc1-c1ccc(F)c(C(=O)N[C@H](CN(C)C)CC(C)(C)C)c1. The third-order valence-corrected chi connectivity index (χ3v) is 12.0. The molecule has 2 aromatic rings. The van der Waals surface area contributed by atoms with Crippen LogP contribution in [0.25, 0.3) is 11.1 Å². The van der Waals surface area contributed by atoms with E-state index in [9.17, 15) is 19.8 Å². The molecule has 6 rings (SSSR count). The molecule has 288 valence electrons. The molecule has 0 spiro atoms. The van der Waals surface area contributed by atoms with E-state index in [0.29, 0.717) is 46.7 Å². The zero-order valence-electron chi connectivity index (χ0n) is 32.7. The average Bonchev–Trinajstić information content (AvgIpc) is 3.43. The smallest absolute Gasteiger partial charge is 0.254 e. The summed E-state index contributed by atoms with van der Waals surface area (Å²) >= 11 is 0. The van der Waals surface area contributed by atoms with Gasteiger partial charge in [-0.3, -0.25) is 14.4 Å². The lowest BCUT2D eigenvalue weighted by Crippen LogP contribution is -2.62. The first-order valence-electron chi connectivity index (χ1n) is 18.8. The number of amides is 2. The first-order chi connectivity index (χ1) is 24.4. The molecule has 2 bridgehead atoms.